The zero-order valence-electron chi connectivity index (χ0n) is 17.8. The molecule has 3 aromatic rings. The summed E-state index contributed by atoms with van der Waals surface area (Å²) in [5.41, 5.74) is 4.40. The first-order valence-corrected chi connectivity index (χ1v) is 9.91. The molecule has 3 aromatic carbocycles. The minimum absolute atomic E-state index is 0.210. The Kier molecular flexibility index (Phi) is 6.96. The van der Waals surface area contributed by atoms with E-state index in [4.69, 9.17) is 14.2 Å². The lowest BCUT2D eigenvalue weighted by molar-refractivity contribution is 0.102. The molecule has 30 heavy (non-hydrogen) atoms. The molecule has 0 aliphatic rings. The van der Waals surface area contributed by atoms with Gasteiger partial charge in [0.1, 0.15) is 23.9 Å². The molecule has 0 saturated carbocycles. The van der Waals surface area contributed by atoms with E-state index in [1.165, 1.54) is 11.1 Å². The normalized spacial score (nSPS) is 10.4. The van der Waals surface area contributed by atoms with Crippen LogP contribution in [0.5, 0.6) is 17.2 Å². The van der Waals surface area contributed by atoms with Crippen LogP contribution in [0.1, 0.15) is 34.0 Å². The molecule has 0 saturated heterocycles. The number of hydrogen-bond donors (Lipinski definition) is 1. The summed E-state index contributed by atoms with van der Waals surface area (Å²) >= 11 is 0. The number of aryl methyl sites for hydroxylation is 2. The van der Waals surface area contributed by atoms with Crippen LogP contribution in [-0.2, 0) is 6.61 Å². The molecule has 0 aliphatic heterocycles. The largest absolute Gasteiger partial charge is 0.497 e. The molecule has 0 aromatic heterocycles. The van der Waals surface area contributed by atoms with Crippen molar-refractivity contribution >= 4 is 11.6 Å². The van der Waals surface area contributed by atoms with Crippen LogP contribution >= 0.6 is 0 Å². The average molecular weight is 405 g/mol. The molecule has 0 bridgehead atoms. The number of carbonyl (C=O) groups is 1. The molecule has 3 rings (SSSR count). The van der Waals surface area contributed by atoms with Gasteiger partial charge in [-0.05, 0) is 74.4 Å². The van der Waals surface area contributed by atoms with Gasteiger partial charge < -0.3 is 19.5 Å². The zero-order valence-corrected chi connectivity index (χ0v) is 17.8. The summed E-state index contributed by atoms with van der Waals surface area (Å²) in [5, 5.41) is 2.90. The number of rotatable bonds is 8. The maximum Gasteiger partial charge on any atom is 0.255 e. The van der Waals surface area contributed by atoms with E-state index >= 15 is 0 Å². The van der Waals surface area contributed by atoms with Crippen molar-refractivity contribution in [1.29, 1.82) is 0 Å². The molecule has 0 radical (unpaired) electrons. The third-order valence-electron chi connectivity index (χ3n) is 4.82. The standard InChI is InChI=1S/C25H27NO4/c1-5-29-24-12-10-19(25(27)26-21-7-6-8-22(15-21)28-4)14-20(24)16-30-23-11-9-17(2)18(3)13-23/h6-15H,5,16H2,1-4H3,(H,26,27). The quantitative estimate of drug-likeness (QED) is 0.534. The van der Waals surface area contributed by atoms with Gasteiger partial charge in [0.05, 0.1) is 13.7 Å². The first-order chi connectivity index (χ1) is 14.5. The minimum atomic E-state index is -0.210. The summed E-state index contributed by atoms with van der Waals surface area (Å²) in [4.78, 5) is 12.8. The first kappa shape index (κ1) is 21.2. The molecule has 156 valence electrons. The van der Waals surface area contributed by atoms with Crippen molar-refractivity contribution in [3.05, 3.63) is 82.9 Å². The fourth-order valence-corrected chi connectivity index (χ4v) is 3.00. The van der Waals surface area contributed by atoms with Gasteiger partial charge in [0.15, 0.2) is 0 Å². The highest BCUT2D eigenvalue weighted by Crippen LogP contribution is 2.25. The number of anilines is 1. The van der Waals surface area contributed by atoms with Crippen LogP contribution in [0.15, 0.2) is 60.7 Å². The molecular weight excluding hydrogens is 378 g/mol. The highest BCUT2D eigenvalue weighted by molar-refractivity contribution is 6.04. The number of carbonyl (C=O) groups excluding carboxylic acids is 1. The van der Waals surface area contributed by atoms with E-state index < -0.39 is 0 Å². The lowest BCUT2D eigenvalue weighted by Crippen LogP contribution is -2.13. The number of nitrogens with one attached hydrogen (secondary N) is 1. The molecule has 1 N–H and O–H groups in total. The lowest BCUT2D eigenvalue weighted by atomic mass is 10.1. The third kappa shape index (κ3) is 5.32. The summed E-state index contributed by atoms with van der Waals surface area (Å²) in [6.07, 6.45) is 0. The van der Waals surface area contributed by atoms with E-state index in [-0.39, 0.29) is 5.91 Å². The van der Waals surface area contributed by atoms with Gasteiger partial charge in [-0.25, -0.2) is 0 Å². The van der Waals surface area contributed by atoms with Gasteiger partial charge >= 0.3 is 0 Å². The van der Waals surface area contributed by atoms with Gasteiger partial charge in [0.2, 0.25) is 0 Å². The smallest absolute Gasteiger partial charge is 0.255 e. The van der Waals surface area contributed by atoms with Crippen molar-refractivity contribution in [2.45, 2.75) is 27.4 Å². The predicted molar refractivity (Wildman–Crippen MR) is 119 cm³/mol. The van der Waals surface area contributed by atoms with Crippen molar-refractivity contribution in [3.63, 3.8) is 0 Å². The molecule has 5 nitrogen and oxygen atoms in total. The molecule has 5 heteroatoms. The SMILES string of the molecule is CCOc1ccc(C(=O)Nc2cccc(OC)c2)cc1COc1ccc(C)c(C)c1. The second kappa shape index (κ2) is 9.83. The summed E-state index contributed by atoms with van der Waals surface area (Å²) in [5.74, 6) is 1.96. The molecule has 0 aliphatic carbocycles. The summed E-state index contributed by atoms with van der Waals surface area (Å²) in [6, 6.07) is 18.6. The van der Waals surface area contributed by atoms with Crippen molar-refractivity contribution in [3.8, 4) is 17.2 Å². The summed E-state index contributed by atoms with van der Waals surface area (Å²) in [7, 11) is 1.59. The number of hydrogen-bond acceptors (Lipinski definition) is 4. The average Bonchev–Trinajstić information content (AvgIpc) is 2.75. The van der Waals surface area contributed by atoms with E-state index in [2.05, 4.69) is 19.2 Å². The maximum atomic E-state index is 12.8. The lowest BCUT2D eigenvalue weighted by Gasteiger charge is -2.14. The first-order valence-electron chi connectivity index (χ1n) is 9.91. The van der Waals surface area contributed by atoms with Crippen molar-refractivity contribution < 1.29 is 19.0 Å². The van der Waals surface area contributed by atoms with Crippen molar-refractivity contribution in [1.82, 2.24) is 0 Å². The molecule has 0 heterocycles. The highest BCUT2D eigenvalue weighted by Gasteiger charge is 2.12. The predicted octanol–water partition coefficient (Wildman–Crippen LogP) is 5.54. The molecule has 0 fully saturated rings. The Bertz CT molecular complexity index is 1030. The minimum Gasteiger partial charge on any atom is -0.497 e. The Balaban J connectivity index is 1.78. The topological polar surface area (TPSA) is 56.8 Å². The van der Waals surface area contributed by atoms with Gasteiger partial charge in [-0.3, -0.25) is 4.79 Å². The van der Waals surface area contributed by atoms with Crippen LogP contribution in [0, 0.1) is 13.8 Å². The van der Waals surface area contributed by atoms with Gasteiger partial charge in [-0.1, -0.05) is 12.1 Å². The van der Waals surface area contributed by atoms with Crippen LogP contribution in [0.4, 0.5) is 5.69 Å². The second-order valence-corrected chi connectivity index (χ2v) is 6.98. The Labute approximate surface area is 177 Å². The maximum absolute atomic E-state index is 12.8. The molecule has 0 unspecified atom stereocenters. The molecule has 0 atom stereocenters. The summed E-state index contributed by atoms with van der Waals surface area (Å²) < 4.78 is 16.9. The number of benzene rings is 3. The van der Waals surface area contributed by atoms with Gasteiger partial charge in [0, 0.05) is 22.9 Å². The number of methoxy groups -OCH3 is 1. The van der Waals surface area contributed by atoms with E-state index in [1.54, 1.807) is 19.2 Å². The Hall–Kier alpha value is -3.47. The van der Waals surface area contributed by atoms with Crippen LogP contribution in [0.3, 0.4) is 0 Å². The second-order valence-electron chi connectivity index (χ2n) is 6.98. The Morgan fingerprint density at radius 1 is 0.900 bits per heavy atom. The van der Waals surface area contributed by atoms with E-state index in [9.17, 15) is 4.79 Å². The number of ether oxygens (including phenoxy) is 3. The molecule has 1 amide bonds. The van der Waals surface area contributed by atoms with E-state index in [1.807, 2.05) is 55.5 Å². The van der Waals surface area contributed by atoms with Crippen molar-refractivity contribution in [2.75, 3.05) is 19.0 Å². The van der Waals surface area contributed by atoms with Crippen molar-refractivity contribution in [2.24, 2.45) is 0 Å². The Morgan fingerprint density at radius 2 is 1.73 bits per heavy atom. The summed E-state index contributed by atoms with van der Waals surface area (Å²) in [6.45, 7) is 6.88. The fraction of sp³-hybridized carbons (Fsp3) is 0.240. The van der Waals surface area contributed by atoms with E-state index in [0.717, 1.165) is 11.3 Å². The van der Waals surface area contributed by atoms with Crippen LogP contribution in [0.25, 0.3) is 0 Å². The highest BCUT2D eigenvalue weighted by atomic mass is 16.5. The van der Waals surface area contributed by atoms with Crippen LogP contribution < -0.4 is 19.5 Å². The monoisotopic (exact) mass is 405 g/mol. The van der Waals surface area contributed by atoms with E-state index in [0.29, 0.717) is 36.0 Å². The molecular formula is C25H27NO4. The van der Waals surface area contributed by atoms with Crippen LogP contribution in [0.2, 0.25) is 0 Å². The Morgan fingerprint density at radius 3 is 2.47 bits per heavy atom. The van der Waals surface area contributed by atoms with Gasteiger partial charge in [0.25, 0.3) is 5.91 Å². The fourth-order valence-electron chi connectivity index (χ4n) is 3.00. The molecule has 0 spiro atoms. The van der Waals surface area contributed by atoms with Gasteiger partial charge in [-0.15, -0.1) is 0 Å². The van der Waals surface area contributed by atoms with Gasteiger partial charge in [-0.2, -0.15) is 0 Å². The van der Waals surface area contributed by atoms with Crippen LogP contribution in [-0.4, -0.2) is 19.6 Å². The number of amides is 1. The zero-order chi connectivity index (χ0) is 21.5. The third-order valence-corrected chi connectivity index (χ3v) is 4.82.